The fourth-order valence-electron chi connectivity index (χ4n) is 2.88. The van der Waals surface area contributed by atoms with Crippen molar-refractivity contribution in [3.8, 4) is 11.3 Å². The van der Waals surface area contributed by atoms with Gasteiger partial charge >= 0.3 is 0 Å². The van der Waals surface area contributed by atoms with E-state index in [0.717, 1.165) is 29.7 Å². The Kier molecular flexibility index (Phi) is 4.05. The highest BCUT2D eigenvalue weighted by Gasteiger charge is 2.24. The van der Waals surface area contributed by atoms with Gasteiger partial charge in [-0.25, -0.2) is 4.98 Å². The van der Waals surface area contributed by atoms with Gasteiger partial charge in [-0.05, 0) is 36.1 Å². The number of aliphatic imine (C=N–C) groups is 1. The molecular formula is C18H23N5. The zero-order chi connectivity index (χ0) is 16.6. The predicted molar refractivity (Wildman–Crippen MR) is 94.4 cm³/mol. The summed E-state index contributed by atoms with van der Waals surface area (Å²) in [7, 11) is 1.83. The molecule has 1 atom stereocenters. The Balaban J connectivity index is 2.09. The fourth-order valence-corrected chi connectivity index (χ4v) is 2.88. The molecule has 3 rings (SSSR count). The number of aryl methyl sites for hydroxylation is 2. The van der Waals surface area contributed by atoms with Crippen LogP contribution in [0.2, 0.25) is 0 Å². The second-order valence-electron chi connectivity index (χ2n) is 5.83. The van der Waals surface area contributed by atoms with Crippen molar-refractivity contribution >= 4 is 11.8 Å². The molecule has 23 heavy (non-hydrogen) atoms. The molecule has 0 saturated carbocycles. The van der Waals surface area contributed by atoms with Gasteiger partial charge in [-0.2, -0.15) is 4.99 Å². The maximum absolute atomic E-state index is 6.19. The van der Waals surface area contributed by atoms with Crippen LogP contribution >= 0.6 is 0 Å². The van der Waals surface area contributed by atoms with Crippen molar-refractivity contribution in [3.05, 3.63) is 47.0 Å². The lowest BCUT2D eigenvalue weighted by Crippen LogP contribution is -2.43. The Hall–Kier alpha value is -2.40. The number of hydrogen-bond donors (Lipinski definition) is 2. The molecule has 5 nitrogen and oxygen atoms in total. The van der Waals surface area contributed by atoms with E-state index in [1.54, 1.807) is 4.90 Å². The number of guanidine groups is 1. The number of nitrogens with zero attached hydrogens (tertiary/aromatic N) is 3. The van der Waals surface area contributed by atoms with Crippen LogP contribution in [0.4, 0.5) is 5.82 Å². The first-order chi connectivity index (χ1) is 11.0. The summed E-state index contributed by atoms with van der Waals surface area (Å²) in [6, 6.07) is 10.6. The zero-order valence-corrected chi connectivity index (χ0v) is 13.9. The lowest BCUT2D eigenvalue weighted by atomic mass is 9.97. The van der Waals surface area contributed by atoms with Crippen LogP contribution in [0.25, 0.3) is 11.3 Å². The average molecular weight is 309 g/mol. The quantitative estimate of drug-likeness (QED) is 0.913. The van der Waals surface area contributed by atoms with Crippen LogP contribution in [-0.4, -0.2) is 22.9 Å². The third kappa shape index (κ3) is 2.68. The summed E-state index contributed by atoms with van der Waals surface area (Å²) in [5, 5.41) is 0. The van der Waals surface area contributed by atoms with E-state index in [0.29, 0.717) is 11.8 Å². The van der Waals surface area contributed by atoms with Gasteiger partial charge in [0.1, 0.15) is 6.17 Å². The molecule has 120 valence electrons. The summed E-state index contributed by atoms with van der Waals surface area (Å²) in [5.74, 6) is 1.01. The number of pyridine rings is 1. The topological polar surface area (TPSA) is 80.5 Å². The molecule has 0 fully saturated rings. The molecule has 1 aromatic heterocycles. The Morgan fingerprint density at radius 1 is 1.13 bits per heavy atom. The minimum atomic E-state index is -0.308. The smallest absolute Gasteiger partial charge is 0.199 e. The van der Waals surface area contributed by atoms with Gasteiger partial charge in [0, 0.05) is 18.2 Å². The van der Waals surface area contributed by atoms with Gasteiger partial charge in [0.2, 0.25) is 0 Å². The van der Waals surface area contributed by atoms with E-state index >= 15 is 0 Å². The molecule has 1 aliphatic heterocycles. The zero-order valence-electron chi connectivity index (χ0n) is 13.9. The van der Waals surface area contributed by atoms with Gasteiger partial charge in [0.05, 0.1) is 5.69 Å². The van der Waals surface area contributed by atoms with Gasteiger partial charge in [0.15, 0.2) is 11.8 Å². The summed E-state index contributed by atoms with van der Waals surface area (Å²) < 4.78 is 0. The first-order valence-electron chi connectivity index (χ1n) is 8.00. The molecule has 0 bridgehead atoms. The number of rotatable bonds is 3. The molecule has 4 N–H and O–H groups in total. The van der Waals surface area contributed by atoms with Crippen LogP contribution in [0, 0.1) is 0 Å². The number of fused-ring (bicyclic) bond motifs is 1. The Morgan fingerprint density at radius 2 is 1.91 bits per heavy atom. The standard InChI is InChI=1S/C18H23N5/c1-4-11-6-7-13(12(5-2)10-11)15-9-8-14-16(19)23(3)18(20)22-17(14)21-15/h6-10,16H,4-5,19H2,1-3H3,(H2,20,21,22). The predicted octanol–water partition coefficient (Wildman–Crippen LogP) is 2.72. The van der Waals surface area contributed by atoms with Gasteiger partial charge in [-0.1, -0.05) is 32.0 Å². The van der Waals surface area contributed by atoms with Crippen LogP contribution in [0.1, 0.15) is 36.7 Å². The van der Waals surface area contributed by atoms with Crippen LogP contribution in [0.15, 0.2) is 35.3 Å². The molecule has 1 unspecified atom stereocenters. The minimum Gasteiger partial charge on any atom is -0.369 e. The lowest BCUT2D eigenvalue weighted by molar-refractivity contribution is 0.374. The van der Waals surface area contributed by atoms with Gasteiger partial charge in [-0.15, -0.1) is 0 Å². The fraction of sp³-hybridized carbons (Fsp3) is 0.333. The highest BCUT2D eigenvalue weighted by molar-refractivity contribution is 5.83. The molecular weight excluding hydrogens is 286 g/mol. The summed E-state index contributed by atoms with van der Waals surface area (Å²) in [6.07, 6.45) is 1.69. The summed E-state index contributed by atoms with van der Waals surface area (Å²) in [5.41, 5.74) is 17.7. The highest BCUT2D eigenvalue weighted by atomic mass is 15.3. The van der Waals surface area contributed by atoms with Gasteiger partial charge in [-0.3, -0.25) is 0 Å². The second-order valence-corrected chi connectivity index (χ2v) is 5.83. The maximum Gasteiger partial charge on any atom is 0.199 e. The third-order valence-corrected chi connectivity index (χ3v) is 4.46. The van der Waals surface area contributed by atoms with Crippen LogP contribution in [-0.2, 0) is 12.8 Å². The Labute approximate surface area is 137 Å². The molecule has 5 heteroatoms. The van der Waals surface area contributed by atoms with E-state index in [9.17, 15) is 0 Å². The number of benzene rings is 1. The van der Waals surface area contributed by atoms with Crippen molar-refractivity contribution < 1.29 is 0 Å². The van der Waals surface area contributed by atoms with Crippen molar-refractivity contribution in [1.29, 1.82) is 0 Å². The summed E-state index contributed by atoms with van der Waals surface area (Å²) in [6.45, 7) is 4.33. The number of nitrogens with two attached hydrogens (primary N) is 2. The molecule has 2 aromatic rings. The van der Waals surface area contributed by atoms with Crippen LogP contribution in [0.3, 0.4) is 0 Å². The Morgan fingerprint density at radius 3 is 2.61 bits per heavy atom. The van der Waals surface area contributed by atoms with E-state index in [4.69, 9.17) is 16.5 Å². The van der Waals surface area contributed by atoms with Crippen molar-refractivity contribution in [1.82, 2.24) is 9.88 Å². The van der Waals surface area contributed by atoms with Crippen LogP contribution in [0.5, 0.6) is 0 Å². The molecule has 1 aromatic carbocycles. The second kappa shape index (κ2) is 6.01. The van der Waals surface area contributed by atoms with Gasteiger partial charge < -0.3 is 16.4 Å². The van der Waals surface area contributed by atoms with E-state index < -0.39 is 0 Å². The maximum atomic E-state index is 6.19. The van der Waals surface area contributed by atoms with Crippen LogP contribution < -0.4 is 11.5 Å². The highest BCUT2D eigenvalue weighted by Crippen LogP contribution is 2.32. The molecule has 2 heterocycles. The lowest BCUT2D eigenvalue weighted by Gasteiger charge is -2.30. The number of hydrogen-bond acceptors (Lipinski definition) is 5. The molecule has 0 spiro atoms. The summed E-state index contributed by atoms with van der Waals surface area (Å²) >= 11 is 0. The normalized spacial score (nSPS) is 17.0. The van der Waals surface area contributed by atoms with Gasteiger partial charge in [0.25, 0.3) is 0 Å². The first kappa shape index (κ1) is 15.5. The van der Waals surface area contributed by atoms with E-state index in [1.807, 2.05) is 19.2 Å². The number of aromatic nitrogens is 1. The molecule has 0 aliphatic carbocycles. The molecule has 0 amide bonds. The largest absolute Gasteiger partial charge is 0.369 e. The van der Waals surface area contributed by atoms with Crippen molar-refractivity contribution in [2.45, 2.75) is 32.9 Å². The minimum absolute atomic E-state index is 0.308. The summed E-state index contributed by atoms with van der Waals surface area (Å²) in [4.78, 5) is 10.8. The molecule has 0 radical (unpaired) electrons. The van der Waals surface area contributed by atoms with E-state index in [-0.39, 0.29) is 6.17 Å². The Bertz CT molecular complexity index is 766. The molecule has 1 aliphatic rings. The van der Waals surface area contributed by atoms with Crippen molar-refractivity contribution in [2.24, 2.45) is 16.5 Å². The first-order valence-corrected chi connectivity index (χ1v) is 8.00. The third-order valence-electron chi connectivity index (χ3n) is 4.46. The van der Waals surface area contributed by atoms with E-state index in [1.165, 1.54) is 11.1 Å². The molecule has 0 saturated heterocycles. The van der Waals surface area contributed by atoms with E-state index in [2.05, 4.69) is 37.0 Å². The monoisotopic (exact) mass is 309 g/mol. The van der Waals surface area contributed by atoms with Crippen molar-refractivity contribution in [3.63, 3.8) is 0 Å². The average Bonchev–Trinajstić information content (AvgIpc) is 2.58. The van der Waals surface area contributed by atoms with Crippen molar-refractivity contribution in [2.75, 3.05) is 7.05 Å². The SMILES string of the molecule is CCc1ccc(-c2ccc3c(n2)N=C(N)N(C)C3N)c(CC)c1.